The summed E-state index contributed by atoms with van der Waals surface area (Å²) in [6, 6.07) is 0. The van der Waals surface area contributed by atoms with Gasteiger partial charge in [0.25, 0.3) is 0 Å². The average Bonchev–Trinajstić information content (AvgIpc) is 2.92. The second-order valence-electron chi connectivity index (χ2n) is 6.88. The fourth-order valence-electron chi connectivity index (χ4n) is 4.10. The van der Waals surface area contributed by atoms with E-state index >= 15 is 0 Å². The van der Waals surface area contributed by atoms with Gasteiger partial charge in [0.1, 0.15) is 0 Å². The van der Waals surface area contributed by atoms with Crippen LogP contribution in [0.15, 0.2) is 12.2 Å². The number of hydrogen-bond acceptors (Lipinski definition) is 2. The lowest BCUT2D eigenvalue weighted by atomic mass is 9.51. The van der Waals surface area contributed by atoms with Crippen LogP contribution in [0.2, 0.25) is 0 Å². The van der Waals surface area contributed by atoms with Gasteiger partial charge in [-0.1, -0.05) is 19.1 Å². The van der Waals surface area contributed by atoms with Gasteiger partial charge in [0.2, 0.25) is 0 Å². The number of fused-ring (bicyclic) bond motifs is 2. The van der Waals surface area contributed by atoms with Crippen LogP contribution in [-0.2, 0) is 4.74 Å². The van der Waals surface area contributed by atoms with Crippen molar-refractivity contribution in [2.45, 2.75) is 57.7 Å². The van der Waals surface area contributed by atoms with E-state index in [9.17, 15) is 5.11 Å². The third kappa shape index (κ3) is 1.68. The molecule has 1 heterocycles. The molecule has 0 aromatic carbocycles. The Balaban J connectivity index is 1.77. The molecule has 2 saturated carbocycles. The lowest BCUT2D eigenvalue weighted by Gasteiger charge is -2.54. The van der Waals surface area contributed by atoms with Crippen molar-refractivity contribution in [3.63, 3.8) is 0 Å². The van der Waals surface area contributed by atoms with E-state index < -0.39 is 0 Å². The van der Waals surface area contributed by atoms with Crippen LogP contribution >= 0.6 is 0 Å². The highest BCUT2D eigenvalue weighted by atomic mass is 16.6. The second-order valence-corrected chi connectivity index (χ2v) is 6.88. The van der Waals surface area contributed by atoms with Gasteiger partial charge >= 0.3 is 0 Å². The summed E-state index contributed by atoms with van der Waals surface area (Å²) in [6.45, 7) is 9.08. The smallest absolute Gasteiger partial charge is 0.0920 e. The van der Waals surface area contributed by atoms with Crippen molar-refractivity contribution in [1.82, 2.24) is 0 Å². The summed E-state index contributed by atoms with van der Waals surface area (Å²) < 4.78 is 5.84. The SMILES string of the molecule is C=C1CC[C@H]2O[C@]2(C)CC[C@@H]2[C@@H]1CC2(C)CO. The van der Waals surface area contributed by atoms with E-state index in [0.717, 1.165) is 25.7 Å². The van der Waals surface area contributed by atoms with Crippen molar-refractivity contribution in [1.29, 1.82) is 0 Å². The number of rotatable bonds is 1. The number of aliphatic hydroxyl groups is 1. The van der Waals surface area contributed by atoms with Crippen LogP contribution in [0.3, 0.4) is 0 Å². The Hall–Kier alpha value is -0.340. The number of ether oxygens (including phenoxy) is 1. The molecule has 3 rings (SSSR count). The summed E-state index contributed by atoms with van der Waals surface area (Å²) in [4.78, 5) is 0. The Bertz CT molecular complexity index is 351. The van der Waals surface area contributed by atoms with E-state index in [1.165, 1.54) is 12.0 Å². The Kier molecular flexibility index (Phi) is 2.47. The van der Waals surface area contributed by atoms with E-state index in [1.54, 1.807) is 0 Å². The summed E-state index contributed by atoms with van der Waals surface area (Å²) in [5, 5.41) is 9.58. The highest BCUT2D eigenvalue weighted by Gasteiger charge is 2.56. The molecule has 0 radical (unpaired) electrons. The highest BCUT2D eigenvalue weighted by molar-refractivity contribution is 5.17. The molecule has 1 unspecified atom stereocenters. The zero-order chi connectivity index (χ0) is 12.3. The van der Waals surface area contributed by atoms with Gasteiger partial charge in [-0.15, -0.1) is 0 Å². The summed E-state index contributed by atoms with van der Waals surface area (Å²) in [7, 11) is 0. The number of hydrogen-bond donors (Lipinski definition) is 1. The third-order valence-electron chi connectivity index (χ3n) is 5.67. The van der Waals surface area contributed by atoms with Crippen LogP contribution < -0.4 is 0 Å². The van der Waals surface area contributed by atoms with Crippen molar-refractivity contribution < 1.29 is 9.84 Å². The van der Waals surface area contributed by atoms with Crippen molar-refractivity contribution in [3.8, 4) is 0 Å². The summed E-state index contributed by atoms with van der Waals surface area (Å²) in [5.41, 5.74) is 1.68. The van der Waals surface area contributed by atoms with Crippen LogP contribution in [-0.4, -0.2) is 23.4 Å². The lowest BCUT2D eigenvalue weighted by Crippen LogP contribution is -2.49. The highest BCUT2D eigenvalue weighted by Crippen LogP contribution is 2.59. The molecule has 1 aliphatic heterocycles. The number of allylic oxidation sites excluding steroid dienone is 1. The van der Waals surface area contributed by atoms with Crippen molar-refractivity contribution in [2.75, 3.05) is 6.61 Å². The van der Waals surface area contributed by atoms with E-state index in [0.29, 0.717) is 24.5 Å². The first kappa shape index (κ1) is 11.7. The lowest BCUT2D eigenvalue weighted by molar-refractivity contribution is -0.0602. The van der Waals surface area contributed by atoms with Gasteiger partial charge in [-0.05, 0) is 56.3 Å². The van der Waals surface area contributed by atoms with E-state index in [-0.39, 0.29) is 11.0 Å². The van der Waals surface area contributed by atoms with Crippen LogP contribution in [0, 0.1) is 17.3 Å². The standard InChI is InChI=1S/C15H24O2/c1-10-4-5-13-15(3,17-13)7-6-12-11(10)8-14(12,2)9-16/h11-13,16H,1,4-9H2,2-3H3/t11-,12-,13-,14?,15-/m1/s1. The van der Waals surface area contributed by atoms with Crippen molar-refractivity contribution in [2.24, 2.45) is 17.3 Å². The van der Waals surface area contributed by atoms with Gasteiger partial charge in [-0.3, -0.25) is 0 Å². The zero-order valence-corrected chi connectivity index (χ0v) is 11.0. The molecule has 5 atom stereocenters. The Morgan fingerprint density at radius 1 is 1.41 bits per heavy atom. The maximum Gasteiger partial charge on any atom is 0.0920 e. The van der Waals surface area contributed by atoms with Crippen LogP contribution in [0.5, 0.6) is 0 Å². The molecule has 0 aromatic heterocycles. The Morgan fingerprint density at radius 3 is 2.88 bits per heavy atom. The predicted molar refractivity (Wildman–Crippen MR) is 67.7 cm³/mol. The minimum absolute atomic E-state index is 0.138. The first-order valence-corrected chi connectivity index (χ1v) is 6.95. The zero-order valence-electron chi connectivity index (χ0n) is 11.0. The molecule has 2 aliphatic carbocycles. The van der Waals surface area contributed by atoms with Gasteiger partial charge < -0.3 is 9.84 Å². The molecule has 3 fully saturated rings. The topological polar surface area (TPSA) is 32.8 Å². The second kappa shape index (κ2) is 3.58. The molecule has 17 heavy (non-hydrogen) atoms. The predicted octanol–water partition coefficient (Wildman–Crippen LogP) is 2.91. The molecule has 2 heteroatoms. The molecule has 0 amide bonds. The van der Waals surface area contributed by atoms with Crippen molar-refractivity contribution >= 4 is 0 Å². The van der Waals surface area contributed by atoms with Gasteiger partial charge in [0.05, 0.1) is 11.7 Å². The summed E-state index contributed by atoms with van der Waals surface area (Å²) in [6.07, 6.45) is 6.21. The van der Waals surface area contributed by atoms with Gasteiger partial charge in [0, 0.05) is 6.61 Å². The normalized spacial score (nSPS) is 53.6. The minimum Gasteiger partial charge on any atom is -0.396 e. The third-order valence-corrected chi connectivity index (χ3v) is 5.67. The monoisotopic (exact) mass is 236 g/mol. The first-order chi connectivity index (χ1) is 7.98. The molecule has 3 aliphatic rings. The maximum absolute atomic E-state index is 9.58. The quantitative estimate of drug-likeness (QED) is 0.561. The molecule has 0 bridgehead atoms. The molecular formula is C15H24O2. The Morgan fingerprint density at radius 2 is 2.18 bits per heavy atom. The van der Waals surface area contributed by atoms with Gasteiger partial charge in [-0.25, -0.2) is 0 Å². The van der Waals surface area contributed by atoms with E-state index in [4.69, 9.17) is 4.74 Å². The molecule has 1 N–H and O–H groups in total. The fourth-order valence-corrected chi connectivity index (χ4v) is 4.10. The Labute approximate surface area is 104 Å². The molecule has 96 valence electrons. The summed E-state index contributed by atoms with van der Waals surface area (Å²) in [5.74, 6) is 1.29. The van der Waals surface area contributed by atoms with E-state index in [1.807, 2.05) is 0 Å². The summed E-state index contributed by atoms with van der Waals surface area (Å²) >= 11 is 0. The van der Waals surface area contributed by atoms with Gasteiger partial charge in [-0.2, -0.15) is 0 Å². The maximum atomic E-state index is 9.58. The minimum atomic E-state index is 0.138. The van der Waals surface area contributed by atoms with Gasteiger partial charge in [0.15, 0.2) is 0 Å². The van der Waals surface area contributed by atoms with Crippen LogP contribution in [0.25, 0.3) is 0 Å². The number of aliphatic hydroxyl groups excluding tert-OH is 1. The largest absolute Gasteiger partial charge is 0.396 e. The fraction of sp³-hybridized carbons (Fsp3) is 0.867. The molecule has 1 saturated heterocycles. The molecular weight excluding hydrogens is 212 g/mol. The number of epoxide rings is 1. The average molecular weight is 236 g/mol. The van der Waals surface area contributed by atoms with Crippen molar-refractivity contribution in [3.05, 3.63) is 12.2 Å². The molecule has 0 aromatic rings. The molecule has 0 spiro atoms. The van der Waals surface area contributed by atoms with Crippen LogP contribution in [0.1, 0.15) is 46.0 Å². The van der Waals surface area contributed by atoms with E-state index in [2.05, 4.69) is 20.4 Å². The van der Waals surface area contributed by atoms with Crippen LogP contribution in [0.4, 0.5) is 0 Å². The first-order valence-electron chi connectivity index (χ1n) is 6.95. The molecule has 2 nitrogen and oxygen atoms in total.